The highest BCUT2D eigenvalue weighted by Gasteiger charge is 2.41. The van der Waals surface area contributed by atoms with Gasteiger partial charge in [-0.05, 0) is 38.5 Å². The molecule has 0 aliphatic carbocycles. The van der Waals surface area contributed by atoms with Crippen molar-refractivity contribution in [1.29, 1.82) is 0 Å². The van der Waals surface area contributed by atoms with E-state index in [-0.39, 0.29) is 5.16 Å². The van der Waals surface area contributed by atoms with E-state index in [1.54, 1.807) is 0 Å². The average Bonchev–Trinajstić information content (AvgIpc) is 2.27. The van der Waals surface area contributed by atoms with Crippen LogP contribution in [0.25, 0.3) is 0 Å². The second-order valence-corrected chi connectivity index (χ2v) is 8.25. The van der Waals surface area contributed by atoms with E-state index in [0.717, 1.165) is 25.4 Å². The summed E-state index contributed by atoms with van der Waals surface area (Å²) in [5.41, 5.74) is 0. The number of rotatable bonds is 10. The van der Waals surface area contributed by atoms with Crippen LogP contribution in [-0.2, 0) is 4.57 Å². The highest BCUT2D eigenvalue weighted by molar-refractivity contribution is 7.46. The smallest absolute Gasteiger partial charge is 0.0742 e. The largest absolute Gasteiger partial charge is 0.344 e. The Labute approximate surface area is 110 Å². The minimum Gasteiger partial charge on any atom is -0.0742 e. The zero-order valence-electron chi connectivity index (χ0n) is 12.6. The molecule has 0 saturated carbocycles. The van der Waals surface area contributed by atoms with Crippen LogP contribution in [0.1, 0.15) is 79.6 Å². The van der Waals surface area contributed by atoms with Gasteiger partial charge in [0.2, 0.25) is 0 Å². The Morgan fingerprint density at radius 2 is 1.65 bits per heavy atom. The van der Waals surface area contributed by atoms with Gasteiger partial charge >= 0.3 is 7.80 Å². The predicted molar refractivity (Wildman–Crippen MR) is 79.4 cm³/mol. The molecule has 0 amide bonds. The number of hydrogen-bond donors (Lipinski definition) is 0. The molecule has 0 aliphatic rings. The highest BCUT2D eigenvalue weighted by Crippen LogP contribution is 2.46. The van der Waals surface area contributed by atoms with Gasteiger partial charge in [-0.1, -0.05) is 51.5 Å². The fraction of sp³-hybridized carbons (Fsp3) is 1.00. The molecule has 0 aromatic carbocycles. The average molecular weight is 259 g/mol. The fourth-order valence-corrected chi connectivity index (χ4v) is 4.40. The first-order valence-corrected chi connectivity index (χ1v) is 8.85. The molecule has 0 aliphatic heterocycles. The van der Waals surface area contributed by atoms with Crippen molar-refractivity contribution >= 4 is 7.80 Å². The lowest BCUT2D eigenvalue weighted by molar-refractivity contribution is 0.439. The molecule has 0 rings (SSSR count). The maximum atomic E-state index is 12.4. The van der Waals surface area contributed by atoms with Gasteiger partial charge in [0.05, 0.1) is 0 Å². The molecule has 0 heterocycles. The van der Waals surface area contributed by atoms with Gasteiger partial charge in [0.1, 0.15) is 6.16 Å². The molecule has 0 bridgehead atoms. The molecule has 17 heavy (non-hydrogen) atoms. The summed E-state index contributed by atoms with van der Waals surface area (Å²) in [7, 11) is -1.03. The molecular formula is C15H32OP+. The Kier molecular flexibility index (Phi) is 9.14. The van der Waals surface area contributed by atoms with Crippen molar-refractivity contribution in [3.05, 3.63) is 0 Å². The molecule has 0 N–H and O–H groups in total. The Morgan fingerprint density at radius 3 is 2.12 bits per heavy atom. The number of hydrogen-bond acceptors (Lipinski definition) is 1. The van der Waals surface area contributed by atoms with Crippen LogP contribution >= 0.6 is 7.80 Å². The summed E-state index contributed by atoms with van der Waals surface area (Å²) in [5, 5.41) is 0.0776. The summed E-state index contributed by atoms with van der Waals surface area (Å²) < 4.78 is 12.4. The minimum atomic E-state index is -1.03. The molecule has 0 radical (unpaired) electrons. The van der Waals surface area contributed by atoms with Gasteiger partial charge in [0.25, 0.3) is 0 Å². The van der Waals surface area contributed by atoms with E-state index in [1.807, 2.05) is 0 Å². The topological polar surface area (TPSA) is 17.1 Å². The number of unbranched alkanes of at least 4 members (excludes halogenated alkanes) is 4. The zero-order chi connectivity index (χ0) is 13.3. The first-order valence-electron chi connectivity index (χ1n) is 7.41. The molecule has 102 valence electrons. The quantitative estimate of drug-likeness (QED) is 0.347. The summed E-state index contributed by atoms with van der Waals surface area (Å²) in [6.45, 7) is 11.1. The lowest BCUT2D eigenvalue weighted by Crippen LogP contribution is -2.22. The van der Waals surface area contributed by atoms with Crippen molar-refractivity contribution in [1.82, 2.24) is 0 Å². The van der Waals surface area contributed by atoms with Crippen LogP contribution in [0, 0.1) is 5.92 Å². The van der Waals surface area contributed by atoms with Crippen LogP contribution < -0.4 is 0 Å². The summed E-state index contributed by atoms with van der Waals surface area (Å²) >= 11 is 0. The fourth-order valence-electron chi connectivity index (χ4n) is 2.43. The van der Waals surface area contributed by atoms with Crippen LogP contribution in [0.5, 0.6) is 0 Å². The van der Waals surface area contributed by atoms with Gasteiger partial charge in [-0.25, -0.2) is 0 Å². The van der Waals surface area contributed by atoms with E-state index in [1.165, 1.54) is 25.7 Å². The molecule has 0 aromatic rings. The Balaban J connectivity index is 3.99. The lowest BCUT2D eigenvalue weighted by atomic mass is 9.96. The Morgan fingerprint density at radius 1 is 1.06 bits per heavy atom. The molecule has 0 spiro atoms. The third-order valence-corrected chi connectivity index (χ3v) is 6.10. The SMILES string of the molecule is CCCCCCC[P+](=O)C(C)(CC)CC(C)C. The summed E-state index contributed by atoms with van der Waals surface area (Å²) in [6.07, 6.45) is 9.44. The first kappa shape index (κ1) is 17.1. The molecule has 0 aromatic heterocycles. The Hall–Kier alpha value is 0.100. The summed E-state index contributed by atoms with van der Waals surface area (Å²) in [5.74, 6) is 0.652. The molecule has 0 fully saturated rings. The van der Waals surface area contributed by atoms with Crippen LogP contribution in [0.2, 0.25) is 0 Å². The Bertz CT molecular complexity index is 213. The monoisotopic (exact) mass is 259 g/mol. The van der Waals surface area contributed by atoms with Gasteiger partial charge in [0.15, 0.2) is 5.16 Å². The van der Waals surface area contributed by atoms with E-state index in [4.69, 9.17) is 0 Å². The first-order chi connectivity index (χ1) is 7.96. The second kappa shape index (κ2) is 9.09. The molecule has 2 unspecified atom stereocenters. The van der Waals surface area contributed by atoms with Crippen molar-refractivity contribution in [2.24, 2.45) is 5.92 Å². The molecule has 1 nitrogen and oxygen atoms in total. The van der Waals surface area contributed by atoms with Crippen molar-refractivity contribution in [2.45, 2.75) is 84.7 Å². The third kappa shape index (κ3) is 7.19. The maximum absolute atomic E-state index is 12.4. The van der Waals surface area contributed by atoms with E-state index in [9.17, 15) is 4.57 Å². The van der Waals surface area contributed by atoms with Gasteiger partial charge in [-0.15, -0.1) is 0 Å². The highest BCUT2D eigenvalue weighted by atomic mass is 31.1. The standard InChI is InChI=1S/C15H32OP/c1-6-8-9-10-11-12-17(16)15(5,7-2)13-14(3)4/h14H,6-13H2,1-5H3/q+1. The molecule has 2 atom stereocenters. The van der Waals surface area contributed by atoms with Gasteiger partial charge in [-0.3, -0.25) is 0 Å². The molecule has 0 saturated heterocycles. The van der Waals surface area contributed by atoms with E-state index < -0.39 is 7.80 Å². The molecular weight excluding hydrogens is 227 g/mol. The van der Waals surface area contributed by atoms with Crippen molar-refractivity contribution in [3.8, 4) is 0 Å². The van der Waals surface area contributed by atoms with Crippen molar-refractivity contribution in [3.63, 3.8) is 0 Å². The van der Waals surface area contributed by atoms with Crippen LogP contribution in [-0.4, -0.2) is 11.3 Å². The third-order valence-electron chi connectivity index (χ3n) is 3.68. The van der Waals surface area contributed by atoms with E-state index in [0.29, 0.717) is 5.92 Å². The van der Waals surface area contributed by atoms with Crippen LogP contribution in [0.4, 0.5) is 0 Å². The van der Waals surface area contributed by atoms with Crippen LogP contribution in [0.15, 0.2) is 0 Å². The summed E-state index contributed by atoms with van der Waals surface area (Å²) in [4.78, 5) is 0. The summed E-state index contributed by atoms with van der Waals surface area (Å²) in [6, 6.07) is 0. The van der Waals surface area contributed by atoms with Gasteiger partial charge in [0, 0.05) is 0 Å². The van der Waals surface area contributed by atoms with Crippen molar-refractivity contribution in [2.75, 3.05) is 6.16 Å². The van der Waals surface area contributed by atoms with E-state index in [2.05, 4.69) is 34.6 Å². The maximum Gasteiger partial charge on any atom is 0.344 e. The zero-order valence-corrected chi connectivity index (χ0v) is 13.5. The predicted octanol–water partition coefficient (Wildman–Crippen LogP) is 6.00. The molecule has 2 heteroatoms. The van der Waals surface area contributed by atoms with Gasteiger partial charge in [-0.2, -0.15) is 0 Å². The lowest BCUT2D eigenvalue weighted by Gasteiger charge is -2.19. The minimum absolute atomic E-state index is 0.0776. The van der Waals surface area contributed by atoms with Crippen LogP contribution in [0.3, 0.4) is 0 Å². The van der Waals surface area contributed by atoms with Crippen molar-refractivity contribution < 1.29 is 4.57 Å². The normalized spacial score (nSPS) is 16.0. The second-order valence-electron chi connectivity index (χ2n) is 5.96. The van der Waals surface area contributed by atoms with E-state index >= 15 is 0 Å². The van der Waals surface area contributed by atoms with Gasteiger partial charge < -0.3 is 0 Å².